The maximum Gasteiger partial charge on any atom is 0.104 e. The van der Waals surface area contributed by atoms with Crippen molar-refractivity contribution in [2.75, 3.05) is 0 Å². The van der Waals surface area contributed by atoms with Gasteiger partial charge in [-0.25, -0.2) is 0 Å². The van der Waals surface area contributed by atoms with Gasteiger partial charge in [0, 0.05) is 0 Å². The van der Waals surface area contributed by atoms with Crippen LogP contribution >= 0.6 is 0 Å². The molecule has 0 atom stereocenters. The van der Waals surface area contributed by atoms with Crippen LogP contribution in [0.2, 0.25) is 0 Å². The molecule has 0 amide bonds. The topological polar surface area (TPSA) is 13.1 Å². The summed E-state index contributed by atoms with van der Waals surface area (Å²) in [5.74, 6) is 1.63. The molecule has 0 spiro atoms. The Morgan fingerprint density at radius 1 is 1.44 bits per heavy atom. The molecule has 0 saturated heterocycles. The Kier molecular flexibility index (Phi) is 1.60. The van der Waals surface area contributed by atoms with Gasteiger partial charge in [0.1, 0.15) is 5.76 Å². The molecule has 0 bridgehead atoms. The van der Waals surface area contributed by atoms with Crippen molar-refractivity contribution in [3.8, 4) is 0 Å². The van der Waals surface area contributed by atoms with Crippen molar-refractivity contribution in [1.29, 1.82) is 0 Å². The van der Waals surface area contributed by atoms with Gasteiger partial charge in [0.15, 0.2) is 0 Å². The maximum atomic E-state index is 5.13. The summed E-state index contributed by atoms with van der Waals surface area (Å²) in [5.41, 5.74) is 1.31. The second kappa shape index (κ2) is 2.26. The van der Waals surface area contributed by atoms with E-state index in [1.807, 2.05) is 13.0 Å². The van der Waals surface area contributed by atoms with Crippen LogP contribution < -0.4 is 0 Å². The minimum atomic E-state index is 0.587. The van der Waals surface area contributed by atoms with Crippen LogP contribution in [0.3, 0.4) is 0 Å². The quantitative estimate of drug-likeness (QED) is 0.561. The third kappa shape index (κ3) is 1.15. The van der Waals surface area contributed by atoms with E-state index in [9.17, 15) is 0 Å². The molecular formula is C8H12O. The molecule has 50 valence electrons. The molecule has 1 rings (SSSR count). The molecule has 0 unspecified atom stereocenters. The first-order chi connectivity index (χ1) is 4.22. The third-order valence-corrected chi connectivity index (χ3v) is 1.52. The van der Waals surface area contributed by atoms with E-state index in [-0.39, 0.29) is 0 Å². The fourth-order valence-electron chi connectivity index (χ4n) is 0.994. The highest BCUT2D eigenvalue weighted by atomic mass is 16.3. The first kappa shape index (κ1) is 6.40. The van der Waals surface area contributed by atoms with Gasteiger partial charge in [-0.05, 0) is 24.5 Å². The molecular weight excluding hydrogens is 112 g/mol. The molecule has 0 aliphatic carbocycles. The van der Waals surface area contributed by atoms with Crippen molar-refractivity contribution in [2.45, 2.75) is 26.7 Å². The standard InChI is InChI=1S/C8H12O/c1-6(2)8-4-5-9-7(8)3/h4-6H,1-3H3. The van der Waals surface area contributed by atoms with Crippen molar-refractivity contribution in [2.24, 2.45) is 0 Å². The number of rotatable bonds is 1. The summed E-state index contributed by atoms with van der Waals surface area (Å²) in [6.07, 6.45) is 1.74. The van der Waals surface area contributed by atoms with Crippen LogP contribution in [0.25, 0.3) is 0 Å². The van der Waals surface area contributed by atoms with Crippen LogP contribution in [0.15, 0.2) is 16.7 Å². The lowest BCUT2D eigenvalue weighted by atomic mass is 10.1. The highest BCUT2D eigenvalue weighted by Crippen LogP contribution is 2.18. The zero-order chi connectivity index (χ0) is 6.85. The molecule has 1 aromatic rings. The van der Waals surface area contributed by atoms with E-state index in [1.165, 1.54) is 5.56 Å². The smallest absolute Gasteiger partial charge is 0.104 e. The highest BCUT2D eigenvalue weighted by molar-refractivity contribution is 5.18. The van der Waals surface area contributed by atoms with Crippen molar-refractivity contribution in [1.82, 2.24) is 0 Å². The van der Waals surface area contributed by atoms with Crippen molar-refractivity contribution in [3.05, 3.63) is 23.7 Å². The Morgan fingerprint density at radius 3 is 2.33 bits per heavy atom. The Balaban J connectivity index is 2.94. The van der Waals surface area contributed by atoms with Crippen molar-refractivity contribution >= 4 is 0 Å². The minimum absolute atomic E-state index is 0.587. The zero-order valence-corrected chi connectivity index (χ0v) is 6.14. The molecule has 1 nitrogen and oxygen atoms in total. The summed E-state index contributed by atoms with van der Waals surface area (Å²) >= 11 is 0. The van der Waals surface area contributed by atoms with Crippen LogP contribution in [0.1, 0.15) is 31.1 Å². The largest absolute Gasteiger partial charge is 0.469 e. The summed E-state index contributed by atoms with van der Waals surface area (Å²) in [7, 11) is 0. The molecule has 1 heteroatoms. The number of hydrogen-bond acceptors (Lipinski definition) is 1. The Bertz CT molecular complexity index is 186. The van der Waals surface area contributed by atoms with Gasteiger partial charge in [-0.3, -0.25) is 0 Å². The summed E-state index contributed by atoms with van der Waals surface area (Å²) in [6.45, 7) is 6.32. The number of furan rings is 1. The van der Waals surface area contributed by atoms with Gasteiger partial charge in [0.05, 0.1) is 6.26 Å². The minimum Gasteiger partial charge on any atom is -0.469 e. The molecule has 1 heterocycles. The van der Waals surface area contributed by atoms with Gasteiger partial charge < -0.3 is 4.42 Å². The third-order valence-electron chi connectivity index (χ3n) is 1.52. The lowest BCUT2D eigenvalue weighted by molar-refractivity contribution is 0.527. The van der Waals surface area contributed by atoms with E-state index in [1.54, 1.807) is 6.26 Å². The van der Waals surface area contributed by atoms with Crippen molar-refractivity contribution < 1.29 is 4.42 Å². The average molecular weight is 124 g/mol. The molecule has 0 fully saturated rings. The van der Waals surface area contributed by atoms with Crippen LogP contribution in [0, 0.1) is 6.92 Å². The molecule has 0 aliphatic rings. The lowest BCUT2D eigenvalue weighted by Gasteiger charge is -1.99. The highest BCUT2D eigenvalue weighted by Gasteiger charge is 2.03. The average Bonchev–Trinajstić information content (AvgIpc) is 2.13. The van der Waals surface area contributed by atoms with E-state index >= 15 is 0 Å². The molecule has 0 saturated carbocycles. The van der Waals surface area contributed by atoms with E-state index in [0.29, 0.717) is 5.92 Å². The van der Waals surface area contributed by atoms with Gasteiger partial charge in [-0.1, -0.05) is 13.8 Å². The molecule has 0 aromatic carbocycles. The van der Waals surface area contributed by atoms with Crippen LogP contribution in [-0.2, 0) is 0 Å². The molecule has 1 aromatic heterocycles. The molecule has 0 radical (unpaired) electrons. The summed E-state index contributed by atoms with van der Waals surface area (Å²) in [4.78, 5) is 0. The summed E-state index contributed by atoms with van der Waals surface area (Å²) in [5, 5.41) is 0. The SMILES string of the molecule is Cc1occc1C(C)C. The monoisotopic (exact) mass is 124 g/mol. The fraction of sp³-hybridized carbons (Fsp3) is 0.500. The predicted molar refractivity (Wildman–Crippen MR) is 37.5 cm³/mol. The molecule has 9 heavy (non-hydrogen) atoms. The zero-order valence-electron chi connectivity index (χ0n) is 6.14. The van der Waals surface area contributed by atoms with Crippen molar-refractivity contribution in [3.63, 3.8) is 0 Å². The van der Waals surface area contributed by atoms with Gasteiger partial charge >= 0.3 is 0 Å². The Morgan fingerprint density at radius 2 is 2.11 bits per heavy atom. The van der Waals surface area contributed by atoms with Gasteiger partial charge in [-0.15, -0.1) is 0 Å². The summed E-state index contributed by atoms with van der Waals surface area (Å²) in [6, 6.07) is 2.03. The fourth-order valence-corrected chi connectivity index (χ4v) is 0.994. The Labute approximate surface area is 55.7 Å². The second-order valence-corrected chi connectivity index (χ2v) is 2.59. The normalized spacial score (nSPS) is 10.7. The number of hydrogen-bond donors (Lipinski definition) is 0. The first-order valence-electron chi connectivity index (χ1n) is 3.26. The van der Waals surface area contributed by atoms with Gasteiger partial charge in [0.25, 0.3) is 0 Å². The van der Waals surface area contributed by atoms with E-state index in [4.69, 9.17) is 4.42 Å². The summed E-state index contributed by atoms with van der Waals surface area (Å²) < 4.78 is 5.13. The van der Waals surface area contributed by atoms with Gasteiger partial charge in [-0.2, -0.15) is 0 Å². The maximum absolute atomic E-state index is 5.13. The number of aryl methyl sites for hydroxylation is 1. The second-order valence-electron chi connectivity index (χ2n) is 2.59. The van der Waals surface area contributed by atoms with E-state index in [2.05, 4.69) is 13.8 Å². The molecule has 0 aliphatic heterocycles. The molecule has 0 N–H and O–H groups in total. The first-order valence-corrected chi connectivity index (χ1v) is 3.26. The van der Waals surface area contributed by atoms with Crippen LogP contribution in [0.4, 0.5) is 0 Å². The van der Waals surface area contributed by atoms with E-state index < -0.39 is 0 Å². The predicted octanol–water partition coefficient (Wildman–Crippen LogP) is 2.71. The Hall–Kier alpha value is -0.720. The van der Waals surface area contributed by atoms with E-state index in [0.717, 1.165) is 5.76 Å². The van der Waals surface area contributed by atoms with Crippen LogP contribution in [0.5, 0.6) is 0 Å². The lowest BCUT2D eigenvalue weighted by Crippen LogP contribution is -1.84. The van der Waals surface area contributed by atoms with Gasteiger partial charge in [0.2, 0.25) is 0 Å². The van der Waals surface area contributed by atoms with Crippen LogP contribution in [-0.4, -0.2) is 0 Å².